The minimum atomic E-state index is -0.772. The lowest BCUT2D eigenvalue weighted by atomic mass is 9.83. The normalized spacial score (nSPS) is 15.1. The Morgan fingerprint density at radius 1 is 1.10 bits per heavy atom. The second-order valence-electron chi connectivity index (χ2n) is 7.01. The van der Waals surface area contributed by atoms with Crippen molar-refractivity contribution in [2.75, 3.05) is 21.3 Å². The van der Waals surface area contributed by atoms with E-state index in [0.717, 1.165) is 5.39 Å². The molecule has 1 aromatic heterocycles. The van der Waals surface area contributed by atoms with Gasteiger partial charge in [-0.15, -0.1) is 0 Å². The zero-order valence-electron chi connectivity index (χ0n) is 17.6. The number of nitrogens with two attached hydrogens (primary N) is 1. The number of allylic oxidation sites excluding steroid dienone is 1. The van der Waals surface area contributed by atoms with Gasteiger partial charge in [-0.25, -0.2) is 0 Å². The first-order valence-electron chi connectivity index (χ1n) is 9.45. The maximum atomic E-state index is 13.4. The van der Waals surface area contributed by atoms with Crippen molar-refractivity contribution in [2.45, 2.75) is 5.92 Å². The van der Waals surface area contributed by atoms with E-state index < -0.39 is 5.92 Å². The van der Waals surface area contributed by atoms with Crippen LogP contribution in [0.15, 0.2) is 52.6 Å². The molecule has 2 N–H and O–H groups in total. The number of rotatable bonds is 4. The predicted molar refractivity (Wildman–Crippen MR) is 115 cm³/mol. The number of fused-ring (bicyclic) bond motifs is 3. The molecule has 0 radical (unpaired) electrons. The van der Waals surface area contributed by atoms with Gasteiger partial charge in [-0.2, -0.15) is 5.26 Å². The number of hydrogen-bond acceptors (Lipinski definition) is 7. The molecular weight excluding hydrogens is 398 g/mol. The molecule has 8 nitrogen and oxygen atoms in total. The maximum absolute atomic E-state index is 13.4. The number of hydrogen-bond donors (Lipinski definition) is 1. The average Bonchev–Trinajstić information content (AvgIpc) is 2.80. The van der Waals surface area contributed by atoms with Crippen LogP contribution < -0.4 is 30.2 Å². The van der Waals surface area contributed by atoms with Crippen molar-refractivity contribution in [3.05, 3.63) is 69.3 Å². The summed E-state index contributed by atoms with van der Waals surface area (Å²) in [4.78, 5) is 13.4. The topological polar surface area (TPSA) is 109 Å². The van der Waals surface area contributed by atoms with Crippen molar-refractivity contribution in [3.63, 3.8) is 0 Å². The summed E-state index contributed by atoms with van der Waals surface area (Å²) >= 11 is 0. The van der Waals surface area contributed by atoms with E-state index in [-0.39, 0.29) is 17.0 Å². The minimum Gasteiger partial charge on any atom is -0.493 e. The minimum absolute atomic E-state index is 0.0489. The summed E-state index contributed by atoms with van der Waals surface area (Å²) < 4.78 is 23.7. The van der Waals surface area contributed by atoms with Gasteiger partial charge in [0, 0.05) is 12.4 Å². The molecule has 8 heteroatoms. The number of methoxy groups -OCH3 is 3. The molecule has 0 amide bonds. The van der Waals surface area contributed by atoms with Crippen LogP contribution in [-0.2, 0) is 7.05 Å². The third-order valence-corrected chi connectivity index (χ3v) is 5.49. The zero-order valence-corrected chi connectivity index (χ0v) is 17.6. The molecule has 1 aliphatic rings. The maximum Gasteiger partial charge on any atom is 0.258 e. The standard InChI is InChI=1S/C23H21N3O5/c1-26-15-8-6-5-7-13(15)20-19(23(26)27)18(14(11-24)22(25)31-20)12-9-16(28-2)21(30-4)17(10-12)29-3/h5-10,18H,25H2,1-4H3/t18-/m1/s1. The summed E-state index contributed by atoms with van der Waals surface area (Å²) in [5.41, 5.74) is 7.60. The van der Waals surface area contributed by atoms with Crippen molar-refractivity contribution >= 4 is 10.9 Å². The second kappa shape index (κ2) is 7.61. The van der Waals surface area contributed by atoms with Gasteiger partial charge in [0.1, 0.15) is 17.4 Å². The summed E-state index contributed by atoms with van der Waals surface area (Å²) in [5.74, 6) is 0.728. The Kier molecular flexibility index (Phi) is 4.95. The molecule has 0 unspecified atom stereocenters. The van der Waals surface area contributed by atoms with Crippen LogP contribution in [0.4, 0.5) is 0 Å². The Bertz CT molecular complexity index is 1310. The SMILES string of the molecule is COc1cc([C@@H]2C(C#N)=C(N)Oc3c2c(=O)n(C)c2ccccc32)cc(OC)c1OC. The Morgan fingerprint density at radius 2 is 1.74 bits per heavy atom. The van der Waals surface area contributed by atoms with Crippen LogP contribution in [0.1, 0.15) is 17.0 Å². The lowest BCUT2D eigenvalue weighted by molar-refractivity contribution is 0.323. The van der Waals surface area contributed by atoms with Gasteiger partial charge in [-0.1, -0.05) is 12.1 Å². The number of benzene rings is 2. The molecule has 3 aromatic rings. The highest BCUT2D eigenvalue weighted by atomic mass is 16.5. The Morgan fingerprint density at radius 3 is 2.32 bits per heavy atom. The van der Waals surface area contributed by atoms with E-state index >= 15 is 0 Å². The zero-order chi connectivity index (χ0) is 22.3. The molecule has 0 fully saturated rings. The van der Waals surface area contributed by atoms with Crippen molar-refractivity contribution in [1.29, 1.82) is 5.26 Å². The average molecular weight is 419 g/mol. The molecule has 0 saturated heterocycles. The molecule has 0 bridgehead atoms. The first-order chi connectivity index (χ1) is 15.0. The third kappa shape index (κ3) is 2.94. The van der Waals surface area contributed by atoms with Gasteiger partial charge in [-0.05, 0) is 29.8 Å². The molecule has 2 aromatic carbocycles. The van der Waals surface area contributed by atoms with Gasteiger partial charge in [-0.3, -0.25) is 4.79 Å². The summed E-state index contributed by atoms with van der Waals surface area (Å²) in [6.45, 7) is 0. The van der Waals surface area contributed by atoms with Gasteiger partial charge < -0.3 is 29.2 Å². The monoisotopic (exact) mass is 419 g/mol. The van der Waals surface area contributed by atoms with Crippen molar-refractivity contribution < 1.29 is 18.9 Å². The van der Waals surface area contributed by atoms with Gasteiger partial charge >= 0.3 is 0 Å². The fourth-order valence-corrected chi connectivity index (χ4v) is 4.03. The van der Waals surface area contributed by atoms with Gasteiger partial charge in [0.15, 0.2) is 11.5 Å². The van der Waals surface area contributed by atoms with Gasteiger partial charge in [0.25, 0.3) is 5.56 Å². The molecule has 2 heterocycles. The van der Waals surface area contributed by atoms with Crippen LogP contribution in [0.2, 0.25) is 0 Å². The molecule has 0 aliphatic carbocycles. The van der Waals surface area contributed by atoms with E-state index in [1.165, 1.54) is 21.3 Å². The summed E-state index contributed by atoms with van der Waals surface area (Å²) in [7, 11) is 6.19. The summed E-state index contributed by atoms with van der Waals surface area (Å²) in [6.07, 6.45) is 0. The molecule has 0 spiro atoms. The smallest absolute Gasteiger partial charge is 0.258 e. The molecule has 4 rings (SSSR count). The Labute approximate surface area is 178 Å². The van der Waals surface area contributed by atoms with Gasteiger partial charge in [0.05, 0.1) is 38.3 Å². The lowest BCUT2D eigenvalue weighted by Crippen LogP contribution is -2.31. The number of nitrogens with zero attached hydrogens (tertiary/aromatic N) is 2. The first kappa shape index (κ1) is 20.2. The number of nitriles is 1. The van der Waals surface area contributed by atoms with Crippen LogP contribution in [0.3, 0.4) is 0 Å². The van der Waals surface area contributed by atoms with Crippen LogP contribution in [0.25, 0.3) is 10.9 Å². The largest absolute Gasteiger partial charge is 0.493 e. The lowest BCUT2D eigenvalue weighted by Gasteiger charge is -2.28. The Balaban J connectivity index is 2.11. The van der Waals surface area contributed by atoms with Crippen molar-refractivity contribution in [3.8, 4) is 29.1 Å². The van der Waals surface area contributed by atoms with Crippen LogP contribution in [-0.4, -0.2) is 25.9 Å². The van der Waals surface area contributed by atoms with Gasteiger partial charge in [0.2, 0.25) is 11.6 Å². The Hall–Kier alpha value is -4.12. The molecule has 1 atom stereocenters. The van der Waals surface area contributed by atoms with Crippen LogP contribution in [0, 0.1) is 11.3 Å². The first-order valence-corrected chi connectivity index (χ1v) is 9.45. The highest BCUT2D eigenvalue weighted by molar-refractivity contribution is 5.88. The molecule has 158 valence electrons. The van der Waals surface area contributed by atoms with E-state index in [9.17, 15) is 10.1 Å². The fraction of sp³-hybridized carbons (Fsp3) is 0.217. The molecular formula is C23H21N3O5. The number of ether oxygens (including phenoxy) is 4. The number of aromatic nitrogens is 1. The van der Waals surface area contributed by atoms with Crippen LogP contribution >= 0.6 is 0 Å². The number of para-hydroxylation sites is 1. The van der Waals surface area contributed by atoms with E-state index in [2.05, 4.69) is 6.07 Å². The number of pyridine rings is 1. The van der Waals surface area contributed by atoms with Crippen molar-refractivity contribution in [2.24, 2.45) is 12.8 Å². The molecule has 1 aliphatic heterocycles. The summed E-state index contributed by atoms with van der Waals surface area (Å²) in [6, 6.07) is 12.9. The van der Waals surface area contributed by atoms with E-state index in [1.807, 2.05) is 24.3 Å². The third-order valence-electron chi connectivity index (χ3n) is 5.49. The quantitative estimate of drug-likeness (QED) is 0.693. The van der Waals surface area contributed by atoms with E-state index in [1.54, 1.807) is 23.7 Å². The highest BCUT2D eigenvalue weighted by Crippen LogP contribution is 2.47. The van der Waals surface area contributed by atoms with Crippen molar-refractivity contribution in [1.82, 2.24) is 4.57 Å². The fourth-order valence-electron chi connectivity index (χ4n) is 4.03. The van der Waals surface area contributed by atoms with E-state index in [0.29, 0.717) is 39.6 Å². The highest BCUT2D eigenvalue weighted by Gasteiger charge is 2.36. The second-order valence-corrected chi connectivity index (χ2v) is 7.01. The van der Waals surface area contributed by atoms with Crippen LogP contribution in [0.5, 0.6) is 23.0 Å². The van der Waals surface area contributed by atoms with E-state index in [4.69, 9.17) is 24.7 Å². The summed E-state index contributed by atoms with van der Waals surface area (Å²) in [5, 5.41) is 10.6. The number of aryl methyl sites for hydroxylation is 1. The predicted octanol–water partition coefficient (Wildman–Crippen LogP) is 2.78. The molecule has 31 heavy (non-hydrogen) atoms. The molecule has 0 saturated carbocycles.